The minimum absolute atomic E-state index is 0.0810. The fourth-order valence-electron chi connectivity index (χ4n) is 5.14. The summed E-state index contributed by atoms with van der Waals surface area (Å²) in [4.78, 5) is 16.3. The molecule has 2 aliphatic heterocycles. The van der Waals surface area contributed by atoms with Gasteiger partial charge in [0.15, 0.2) is 5.69 Å². The Morgan fingerprint density at radius 2 is 1.91 bits per heavy atom. The van der Waals surface area contributed by atoms with Gasteiger partial charge in [0, 0.05) is 52.1 Å². The number of aromatic nitrogens is 2. The van der Waals surface area contributed by atoms with Gasteiger partial charge in [-0.05, 0) is 54.8 Å². The van der Waals surface area contributed by atoms with Crippen LogP contribution in [0.3, 0.4) is 0 Å². The van der Waals surface area contributed by atoms with Crippen molar-refractivity contribution in [2.45, 2.75) is 31.6 Å². The first-order chi connectivity index (χ1) is 16.6. The number of likely N-dealkylation sites (tertiary alicyclic amines) is 1. The molecular formula is C24H30F4N4O3. The van der Waals surface area contributed by atoms with E-state index >= 15 is 0 Å². The van der Waals surface area contributed by atoms with Crippen LogP contribution in [0.1, 0.15) is 34.5 Å². The van der Waals surface area contributed by atoms with Crippen LogP contribution < -0.4 is 5.32 Å². The third-order valence-corrected chi connectivity index (χ3v) is 7.08. The number of hydrogen-bond donors (Lipinski definition) is 2. The average Bonchev–Trinajstić information content (AvgIpc) is 3.15. The number of aryl methyl sites for hydroxylation is 1. The van der Waals surface area contributed by atoms with E-state index in [0.717, 1.165) is 57.8 Å². The van der Waals surface area contributed by atoms with Crippen LogP contribution in [0.2, 0.25) is 0 Å². The largest absolute Gasteiger partial charge is 0.476 e. The van der Waals surface area contributed by atoms with Gasteiger partial charge in [-0.3, -0.25) is 4.90 Å². The Kier molecular flexibility index (Phi) is 7.77. The number of carboxylic acids is 1. The number of alkyl halides is 3. The molecule has 5 rings (SSSR count). The zero-order chi connectivity index (χ0) is 25.2. The van der Waals surface area contributed by atoms with E-state index in [9.17, 15) is 22.4 Å². The highest BCUT2D eigenvalue weighted by molar-refractivity contribution is 5.84. The number of nitrogens with zero attached hydrogens (tertiary/aromatic N) is 3. The molecule has 2 saturated heterocycles. The second kappa shape index (κ2) is 10.6. The Morgan fingerprint density at radius 1 is 1.23 bits per heavy atom. The summed E-state index contributed by atoms with van der Waals surface area (Å²) in [7, 11) is 1.72. The van der Waals surface area contributed by atoms with E-state index < -0.39 is 23.5 Å². The predicted molar refractivity (Wildman–Crippen MR) is 119 cm³/mol. The Balaban J connectivity index is 0.000000271. The van der Waals surface area contributed by atoms with Crippen molar-refractivity contribution in [2.75, 3.05) is 32.8 Å². The second-order valence-corrected chi connectivity index (χ2v) is 9.46. The van der Waals surface area contributed by atoms with Gasteiger partial charge in [-0.2, -0.15) is 13.2 Å². The second-order valence-electron chi connectivity index (χ2n) is 9.46. The molecule has 2 aromatic rings. The third kappa shape index (κ3) is 6.39. The van der Waals surface area contributed by atoms with Gasteiger partial charge in [0.2, 0.25) is 0 Å². The van der Waals surface area contributed by atoms with E-state index in [1.807, 2.05) is 0 Å². The van der Waals surface area contributed by atoms with E-state index in [1.54, 1.807) is 11.6 Å². The van der Waals surface area contributed by atoms with Crippen LogP contribution in [0.25, 0.3) is 0 Å². The zero-order valence-electron chi connectivity index (χ0n) is 19.5. The maximum absolute atomic E-state index is 13.3. The molecule has 0 radical (unpaired) electrons. The number of benzene rings is 1. The van der Waals surface area contributed by atoms with Gasteiger partial charge in [0.05, 0.1) is 11.9 Å². The summed E-state index contributed by atoms with van der Waals surface area (Å²) in [6.07, 6.45) is 0.482. The SMILES string of the molecule is Cn1cnc(C(=O)O)c1.Fc1ccc(CNCC2C3CN(C4CCOCC4)CC23)cc1C(F)(F)F. The zero-order valence-corrected chi connectivity index (χ0v) is 19.5. The highest BCUT2D eigenvalue weighted by atomic mass is 19.4. The number of piperidine rings is 1. The first-order valence-electron chi connectivity index (χ1n) is 11.7. The molecule has 7 nitrogen and oxygen atoms in total. The van der Waals surface area contributed by atoms with Crippen molar-refractivity contribution in [3.05, 3.63) is 53.4 Å². The van der Waals surface area contributed by atoms with Gasteiger partial charge in [-0.25, -0.2) is 14.2 Å². The summed E-state index contributed by atoms with van der Waals surface area (Å²) in [6, 6.07) is 3.88. The van der Waals surface area contributed by atoms with Crippen LogP contribution in [0.5, 0.6) is 0 Å². The standard InChI is InChI=1S/C19H24F4N2O.C5H6N2O2/c20-18-2-1-12(7-17(18)19(21,22)23)8-24-9-14-15-10-25(11-16(14)15)13-3-5-26-6-4-13;1-7-2-4(5(8)9)6-3-7/h1-2,7,13-16,24H,3-6,8-11H2;2-3H,1H3,(H,8,9). The molecular weight excluding hydrogens is 468 g/mol. The third-order valence-electron chi connectivity index (χ3n) is 7.08. The lowest BCUT2D eigenvalue weighted by molar-refractivity contribution is -0.140. The van der Waals surface area contributed by atoms with E-state index in [1.165, 1.54) is 18.6 Å². The van der Waals surface area contributed by atoms with Gasteiger partial charge in [0.25, 0.3) is 0 Å². The number of nitrogens with one attached hydrogen (secondary N) is 1. The van der Waals surface area contributed by atoms with Crippen LogP contribution in [0, 0.1) is 23.6 Å². The summed E-state index contributed by atoms with van der Waals surface area (Å²) in [5.74, 6) is -0.163. The Morgan fingerprint density at radius 3 is 2.46 bits per heavy atom. The fraction of sp³-hybridized carbons (Fsp3) is 0.583. The summed E-state index contributed by atoms with van der Waals surface area (Å²) >= 11 is 0. The minimum atomic E-state index is -4.65. The van der Waals surface area contributed by atoms with Crippen molar-refractivity contribution < 1.29 is 32.2 Å². The van der Waals surface area contributed by atoms with Crippen molar-refractivity contribution in [3.63, 3.8) is 0 Å². The monoisotopic (exact) mass is 498 g/mol. The molecule has 1 aromatic carbocycles. The predicted octanol–water partition coefficient (Wildman–Crippen LogP) is 3.41. The smallest absolute Gasteiger partial charge is 0.419 e. The maximum atomic E-state index is 13.3. The molecule has 2 atom stereocenters. The summed E-state index contributed by atoms with van der Waals surface area (Å²) in [6.45, 7) is 5.14. The Hall–Kier alpha value is -2.50. The van der Waals surface area contributed by atoms with Gasteiger partial charge in [-0.1, -0.05) is 6.07 Å². The Labute approximate surface area is 201 Å². The highest BCUT2D eigenvalue weighted by Crippen LogP contribution is 2.52. The number of carboxylic acid groups (broad SMARTS) is 1. The van der Waals surface area contributed by atoms with Crippen LogP contribution in [0.15, 0.2) is 30.7 Å². The summed E-state index contributed by atoms with van der Waals surface area (Å²) < 4.78 is 58.6. The molecule has 0 amide bonds. The number of imidazole rings is 1. The molecule has 0 spiro atoms. The fourth-order valence-corrected chi connectivity index (χ4v) is 5.14. The number of fused-ring (bicyclic) bond motifs is 1. The molecule has 0 bridgehead atoms. The number of aromatic carboxylic acids is 1. The van der Waals surface area contributed by atoms with Gasteiger partial charge >= 0.3 is 12.1 Å². The van der Waals surface area contributed by atoms with Crippen LogP contribution in [0.4, 0.5) is 17.6 Å². The number of halogens is 4. The Bertz CT molecular complexity index is 1010. The highest BCUT2D eigenvalue weighted by Gasteiger charge is 2.55. The normalized spacial score (nSPS) is 24.5. The average molecular weight is 499 g/mol. The van der Waals surface area contributed by atoms with Crippen molar-refractivity contribution in [1.82, 2.24) is 19.8 Å². The summed E-state index contributed by atoms with van der Waals surface area (Å²) in [5, 5.41) is 11.6. The van der Waals surface area contributed by atoms with Crippen molar-refractivity contribution in [2.24, 2.45) is 24.8 Å². The van der Waals surface area contributed by atoms with E-state index in [2.05, 4.69) is 15.2 Å². The molecule has 11 heteroatoms. The molecule has 3 aliphatic rings. The van der Waals surface area contributed by atoms with Crippen molar-refractivity contribution in [1.29, 1.82) is 0 Å². The first kappa shape index (κ1) is 25.6. The molecule has 35 heavy (non-hydrogen) atoms. The van der Waals surface area contributed by atoms with Crippen LogP contribution in [-0.4, -0.2) is 64.4 Å². The number of rotatable bonds is 6. The van der Waals surface area contributed by atoms with Crippen molar-refractivity contribution in [3.8, 4) is 0 Å². The molecule has 3 fully saturated rings. The topological polar surface area (TPSA) is 79.6 Å². The van der Waals surface area contributed by atoms with Gasteiger partial charge < -0.3 is 19.7 Å². The number of hydrogen-bond acceptors (Lipinski definition) is 5. The molecule has 1 saturated carbocycles. The van der Waals surface area contributed by atoms with Crippen LogP contribution >= 0.6 is 0 Å². The summed E-state index contributed by atoms with van der Waals surface area (Å²) in [5.41, 5.74) is -0.641. The van der Waals surface area contributed by atoms with Gasteiger partial charge in [0.1, 0.15) is 5.82 Å². The molecule has 1 aliphatic carbocycles. The lowest BCUT2D eigenvalue weighted by Gasteiger charge is -2.32. The lowest BCUT2D eigenvalue weighted by Crippen LogP contribution is -2.40. The van der Waals surface area contributed by atoms with Crippen molar-refractivity contribution >= 4 is 5.97 Å². The maximum Gasteiger partial charge on any atom is 0.419 e. The minimum Gasteiger partial charge on any atom is -0.476 e. The van der Waals surface area contributed by atoms with E-state index in [4.69, 9.17) is 9.84 Å². The van der Waals surface area contributed by atoms with E-state index in [0.29, 0.717) is 35.9 Å². The molecule has 2 N–H and O–H groups in total. The molecule has 2 unspecified atom stereocenters. The molecule has 192 valence electrons. The first-order valence-corrected chi connectivity index (χ1v) is 11.7. The number of ether oxygens (including phenoxy) is 1. The van der Waals surface area contributed by atoms with E-state index in [-0.39, 0.29) is 5.69 Å². The van der Waals surface area contributed by atoms with Crippen LogP contribution in [-0.2, 0) is 24.5 Å². The molecule has 1 aromatic heterocycles. The van der Waals surface area contributed by atoms with Gasteiger partial charge in [-0.15, -0.1) is 0 Å². The quantitative estimate of drug-likeness (QED) is 0.595. The lowest BCUT2D eigenvalue weighted by atomic mass is 10.1. The number of carbonyl (C=O) groups is 1. The molecule has 3 heterocycles.